The van der Waals surface area contributed by atoms with Crippen molar-refractivity contribution >= 4 is 17.3 Å². The number of hydrogen-bond donors (Lipinski definition) is 1. The van der Waals surface area contributed by atoms with Gasteiger partial charge in [-0.1, -0.05) is 0 Å². The summed E-state index contributed by atoms with van der Waals surface area (Å²) in [6.07, 6.45) is 0.673. The highest BCUT2D eigenvalue weighted by Crippen LogP contribution is 2.31. The molecule has 0 aromatic carbocycles. The zero-order chi connectivity index (χ0) is 10.2. The van der Waals surface area contributed by atoms with E-state index in [0.717, 1.165) is 0 Å². The van der Waals surface area contributed by atoms with Crippen LogP contribution in [0.3, 0.4) is 0 Å². The normalized spacial score (nSPS) is 31.9. The number of rotatable bonds is 2. The molecule has 0 radical (unpaired) electrons. The molecule has 0 aliphatic carbocycles. The highest BCUT2D eigenvalue weighted by atomic mass is 32.1. The lowest BCUT2D eigenvalue weighted by Gasteiger charge is -2.20. The number of carboxylic acids is 1. The first-order chi connectivity index (χ1) is 6.62. The Morgan fingerprint density at radius 2 is 2.57 bits per heavy atom. The summed E-state index contributed by atoms with van der Waals surface area (Å²) < 4.78 is 0. The van der Waals surface area contributed by atoms with Gasteiger partial charge in [0.1, 0.15) is 6.04 Å². The van der Waals surface area contributed by atoms with E-state index in [-0.39, 0.29) is 0 Å². The minimum atomic E-state index is -0.925. The Morgan fingerprint density at radius 1 is 1.79 bits per heavy atom. The maximum absolute atomic E-state index is 10.9. The van der Waals surface area contributed by atoms with Gasteiger partial charge >= 0.3 is 0 Å². The van der Waals surface area contributed by atoms with Gasteiger partial charge in [0.15, 0.2) is 0 Å². The highest BCUT2D eigenvalue weighted by Gasteiger charge is 2.40. The highest BCUT2D eigenvalue weighted by molar-refractivity contribution is 7.07. The number of aliphatic carboxylic acids is 1. The van der Waals surface area contributed by atoms with E-state index in [0.29, 0.717) is 19.0 Å². The van der Waals surface area contributed by atoms with Crippen molar-refractivity contribution in [1.82, 2.24) is 0 Å². The van der Waals surface area contributed by atoms with E-state index in [1.807, 2.05) is 5.38 Å². The van der Waals surface area contributed by atoms with Crippen molar-refractivity contribution in [3.8, 4) is 0 Å². The van der Waals surface area contributed by atoms with Crippen molar-refractivity contribution in [2.75, 3.05) is 6.54 Å². The van der Waals surface area contributed by atoms with E-state index < -0.39 is 11.4 Å². The van der Waals surface area contributed by atoms with E-state index in [2.05, 4.69) is 16.8 Å². The van der Waals surface area contributed by atoms with Crippen molar-refractivity contribution in [1.29, 1.82) is 0 Å². The molecule has 1 aliphatic rings. The van der Waals surface area contributed by atoms with Crippen LogP contribution in [0, 0.1) is 5.41 Å². The minimum absolute atomic E-state index is 0.296. The fourth-order valence-corrected chi connectivity index (χ4v) is 2.69. The maximum Gasteiger partial charge on any atom is 0.113 e. The standard InChI is InChI=1S/C10H13NO2S/c1-10(9(12)13)4-8(11-6-10)7-2-3-14-5-7/h2-3,5,8,11H,4,6H2,1H3,(H,12,13)/t8-,10+/m0/s1. The second kappa shape index (κ2) is 3.37. The zero-order valence-corrected chi connectivity index (χ0v) is 8.84. The molecule has 2 rings (SSSR count). The summed E-state index contributed by atoms with van der Waals surface area (Å²) in [6, 6.07) is 2.36. The molecule has 0 spiro atoms. The van der Waals surface area contributed by atoms with Gasteiger partial charge in [0.2, 0.25) is 0 Å². The lowest BCUT2D eigenvalue weighted by molar-refractivity contribution is -0.679. The monoisotopic (exact) mass is 211 g/mol. The van der Waals surface area contributed by atoms with Gasteiger partial charge in [-0.2, -0.15) is 11.3 Å². The molecular formula is C10H13NO2S. The van der Waals surface area contributed by atoms with Gasteiger partial charge in [0.05, 0.1) is 17.9 Å². The molecule has 0 bridgehead atoms. The zero-order valence-electron chi connectivity index (χ0n) is 8.03. The number of thiophene rings is 1. The van der Waals surface area contributed by atoms with Crippen LogP contribution in [0.25, 0.3) is 0 Å². The summed E-state index contributed by atoms with van der Waals surface area (Å²) >= 11 is 1.65. The number of carboxylic acid groups (broad SMARTS) is 1. The van der Waals surface area contributed by atoms with Crippen LogP contribution in [0.4, 0.5) is 0 Å². The molecule has 0 amide bonds. The van der Waals surface area contributed by atoms with Crippen molar-refractivity contribution < 1.29 is 15.2 Å². The third-order valence-electron chi connectivity index (χ3n) is 2.99. The van der Waals surface area contributed by atoms with Gasteiger partial charge in [-0.15, -0.1) is 0 Å². The van der Waals surface area contributed by atoms with Crippen LogP contribution < -0.4 is 10.4 Å². The van der Waals surface area contributed by atoms with Crippen molar-refractivity contribution in [2.45, 2.75) is 19.4 Å². The van der Waals surface area contributed by atoms with Crippen LogP contribution in [-0.4, -0.2) is 12.5 Å². The maximum atomic E-state index is 10.9. The van der Waals surface area contributed by atoms with Gasteiger partial charge in [-0.3, -0.25) is 0 Å². The van der Waals surface area contributed by atoms with Crippen LogP contribution >= 0.6 is 11.3 Å². The Balaban J connectivity index is 2.12. The van der Waals surface area contributed by atoms with Crippen molar-refractivity contribution in [2.24, 2.45) is 5.41 Å². The van der Waals surface area contributed by atoms with E-state index in [1.54, 1.807) is 18.3 Å². The Morgan fingerprint density at radius 3 is 3.07 bits per heavy atom. The number of hydrogen-bond acceptors (Lipinski definition) is 3. The largest absolute Gasteiger partial charge is 0.549 e. The summed E-state index contributed by atoms with van der Waals surface area (Å²) in [6.45, 7) is 2.39. The van der Waals surface area contributed by atoms with Crippen LogP contribution in [0.5, 0.6) is 0 Å². The molecule has 1 aliphatic heterocycles. The van der Waals surface area contributed by atoms with Gasteiger partial charge < -0.3 is 15.2 Å². The Labute approximate surface area is 86.8 Å². The van der Waals surface area contributed by atoms with E-state index in [9.17, 15) is 9.90 Å². The SMILES string of the molecule is C[C@]1(C(=O)[O-])C[NH2+][C@H](c2ccsc2)C1. The van der Waals surface area contributed by atoms with Gasteiger partial charge in [0.25, 0.3) is 0 Å². The van der Waals surface area contributed by atoms with Crippen LogP contribution in [0.15, 0.2) is 16.8 Å². The average molecular weight is 211 g/mol. The molecule has 0 unspecified atom stereocenters. The Bertz CT molecular complexity index is 336. The molecule has 4 heteroatoms. The van der Waals surface area contributed by atoms with Crippen LogP contribution in [0.1, 0.15) is 24.9 Å². The first-order valence-corrected chi connectivity index (χ1v) is 5.63. The topological polar surface area (TPSA) is 56.7 Å². The van der Waals surface area contributed by atoms with Gasteiger partial charge in [0, 0.05) is 12.0 Å². The van der Waals surface area contributed by atoms with Gasteiger partial charge in [-0.25, -0.2) is 0 Å². The third kappa shape index (κ3) is 1.55. The molecular weight excluding hydrogens is 198 g/mol. The van der Waals surface area contributed by atoms with E-state index in [4.69, 9.17) is 0 Å². The molecule has 2 N–H and O–H groups in total. The molecule has 14 heavy (non-hydrogen) atoms. The summed E-state index contributed by atoms with van der Waals surface area (Å²) in [7, 11) is 0. The molecule has 2 heterocycles. The molecule has 1 fully saturated rings. The number of carbonyl (C=O) groups is 1. The molecule has 76 valence electrons. The van der Waals surface area contributed by atoms with E-state index in [1.165, 1.54) is 5.56 Å². The molecule has 3 nitrogen and oxygen atoms in total. The van der Waals surface area contributed by atoms with Crippen molar-refractivity contribution in [3.63, 3.8) is 0 Å². The molecule has 2 atom stereocenters. The van der Waals surface area contributed by atoms with E-state index >= 15 is 0 Å². The second-order valence-electron chi connectivity index (χ2n) is 4.16. The number of quaternary nitrogens is 1. The first kappa shape index (κ1) is 9.68. The Kier molecular flexibility index (Phi) is 2.33. The van der Waals surface area contributed by atoms with Crippen LogP contribution in [0.2, 0.25) is 0 Å². The summed E-state index contributed by atoms with van der Waals surface area (Å²) in [5, 5.41) is 17.1. The van der Waals surface area contributed by atoms with Gasteiger partial charge in [-0.05, 0) is 23.8 Å². The Hall–Kier alpha value is -0.870. The minimum Gasteiger partial charge on any atom is -0.549 e. The lowest BCUT2D eigenvalue weighted by atomic mass is 9.87. The van der Waals surface area contributed by atoms with Crippen LogP contribution in [-0.2, 0) is 4.79 Å². The second-order valence-corrected chi connectivity index (χ2v) is 4.94. The predicted octanol–water partition coefficient (Wildman–Crippen LogP) is -0.488. The molecule has 0 saturated carbocycles. The molecule has 1 saturated heterocycles. The van der Waals surface area contributed by atoms with Crippen molar-refractivity contribution in [3.05, 3.63) is 22.4 Å². The predicted molar refractivity (Wildman–Crippen MR) is 51.6 cm³/mol. The molecule has 1 aromatic rings. The average Bonchev–Trinajstić information content (AvgIpc) is 2.72. The lowest BCUT2D eigenvalue weighted by Crippen LogP contribution is -2.83. The summed E-state index contributed by atoms with van der Waals surface area (Å²) in [4.78, 5) is 10.9. The number of carbonyl (C=O) groups excluding carboxylic acids is 1. The smallest absolute Gasteiger partial charge is 0.113 e. The fourth-order valence-electron chi connectivity index (χ4n) is 1.96. The third-order valence-corrected chi connectivity index (χ3v) is 3.69. The first-order valence-electron chi connectivity index (χ1n) is 4.69. The summed E-state index contributed by atoms with van der Waals surface area (Å²) in [5.74, 6) is -0.925. The fraction of sp³-hybridized carbons (Fsp3) is 0.500. The molecule has 1 aromatic heterocycles. The summed E-state index contributed by atoms with van der Waals surface area (Å²) in [5.41, 5.74) is 0.576. The quantitative estimate of drug-likeness (QED) is 0.718. The number of nitrogens with two attached hydrogens (primary N) is 1.